The highest BCUT2D eigenvalue weighted by Crippen LogP contribution is 2.29. The number of carbonyl (C=O) groups is 1. The maximum absolute atomic E-state index is 12.8. The van der Waals surface area contributed by atoms with Gasteiger partial charge in [0.25, 0.3) is 0 Å². The lowest BCUT2D eigenvalue weighted by molar-refractivity contribution is -0.129. The molecule has 2 heterocycles. The number of benzene rings is 1. The molecule has 0 aliphatic rings. The van der Waals surface area contributed by atoms with Crippen molar-refractivity contribution in [3.05, 3.63) is 53.2 Å². The van der Waals surface area contributed by atoms with Crippen molar-refractivity contribution in [1.29, 1.82) is 0 Å². The highest BCUT2D eigenvalue weighted by atomic mass is 32.2. The summed E-state index contributed by atoms with van der Waals surface area (Å²) in [5.74, 6) is 0.467. The third-order valence-corrected chi connectivity index (χ3v) is 6.51. The van der Waals surface area contributed by atoms with Crippen LogP contribution < -0.4 is 4.31 Å². The van der Waals surface area contributed by atoms with E-state index in [0.29, 0.717) is 11.5 Å². The molecule has 2 aromatic heterocycles. The predicted molar refractivity (Wildman–Crippen MR) is 117 cm³/mol. The summed E-state index contributed by atoms with van der Waals surface area (Å²) in [6, 6.07) is 11.0. The average Bonchev–Trinajstić information content (AvgIpc) is 3.36. The van der Waals surface area contributed by atoms with Gasteiger partial charge in [0.2, 0.25) is 27.6 Å². The highest BCUT2D eigenvalue weighted by Gasteiger charge is 2.26. The summed E-state index contributed by atoms with van der Waals surface area (Å²) in [4.78, 5) is 19.4. The van der Waals surface area contributed by atoms with Crippen LogP contribution in [0.2, 0.25) is 0 Å². The Kier molecular flexibility index (Phi) is 6.57. The van der Waals surface area contributed by atoms with Crippen molar-refractivity contribution >= 4 is 33.0 Å². The zero-order chi connectivity index (χ0) is 21.9. The monoisotopic (exact) mass is 448 g/mol. The van der Waals surface area contributed by atoms with Crippen molar-refractivity contribution in [2.75, 3.05) is 24.2 Å². The normalized spacial score (nSPS) is 11.6. The van der Waals surface area contributed by atoms with Gasteiger partial charge in [-0.1, -0.05) is 43.3 Å². The van der Waals surface area contributed by atoms with Crippen molar-refractivity contribution in [2.45, 2.75) is 26.3 Å². The van der Waals surface area contributed by atoms with Gasteiger partial charge in [-0.05, 0) is 29.0 Å². The molecule has 1 aromatic carbocycles. The standard InChI is InChI=1S/C20H24N4O4S2/c1-14(2)15-8-5-6-9-16(15)24(30(4,26)27)13-19(25)23(3)12-18-21-20(22-28-18)17-10-7-11-29-17/h5-11,14H,12-13H2,1-4H3. The zero-order valence-electron chi connectivity index (χ0n) is 17.3. The first-order valence-electron chi connectivity index (χ1n) is 9.34. The molecule has 0 radical (unpaired) electrons. The number of rotatable bonds is 8. The van der Waals surface area contributed by atoms with Crippen LogP contribution >= 0.6 is 11.3 Å². The molecular formula is C20H24N4O4S2. The fourth-order valence-corrected chi connectivity index (χ4v) is 4.46. The van der Waals surface area contributed by atoms with Crippen LogP contribution in [0.1, 0.15) is 31.2 Å². The molecule has 0 N–H and O–H groups in total. The number of hydrogen-bond donors (Lipinski definition) is 0. The first-order valence-corrected chi connectivity index (χ1v) is 12.1. The van der Waals surface area contributed by atoms with Crippen LogP contribution in [0.15, 0.2) is 46.3 Å². The quantitative estimate of drug-likeness (QED) is 0.524. The minimum absolute atomic E-state index is 0.0840. The van der Waals surface area contributed by atoms with E-state index in [1.165, 1.54) is 16.2 Å². The molecule has 3 aromatic rings. The molecule has 8 nitrogen and oxygen atoms in total. The van der Waals surface area contributed by atoms with E-state index < -0.39 is 10.0 Å². The maximum Gasteiger partial charge on any atom is 0.246 e. The van der Waals surface area contributed by atoms with Gasteiger partial charge in [0.15, 0.2) is 0 Å². The van der Waals surface area contributed by atoms with E-state index >= 15 is 0 Å². The second-order valence-corrected chi connectivity index (χ2v) is 10.1. The molecule has 0 saturated carbocycles. The van der Waals surface area contributed by atoms with Gasteiger partial charge in [-0.2, -0.15) is 4.98 Å². The van der Waals surface area contributed by atoms with E-state index in [1.54, 1.807) is 19.2 Å². The molecule has 0 bridgehead atoms. The largest absolute Gasteiger partial charge is 0.337 e. The summed E-state index contributed by atoms with van der Waals surface area (Å²) >= 11 is 1.49. The lowest BCUT2D eigenvalue weighted by Crippen LogP contribution is -2.41. The molecule has 0 aliphatic carbocycles. The van der Waals surface area contributed by atoms with Crippen LogP contribution in [0.25, 0.3) is 10.7 Å². The molecule has 0 atom stereocenters. The van der Waals surface area contributed by atoms with Crippen molar-refractivity contribution < 1.29 is 17.7 Å². The Morgan fingerprint density at radius 1 is 1.20 bits per heavy atom. The van der Waals surface area contributed by atoms with Gasteiger partial charge < -0.3 is 9.42 Å². The van der Waals surface area contributed by atoms with Gasteiger partial charge in [0, 0.05) is 7.05 Å². The van der Waals surface area contributed by atoms with Gasteiger partial charge in [-0.15, -0.1) is 11.3 Å². The Morgan fingerprint density at radius 2 is 1.93 bits per heavy atom. The molecule has 0 fully saturated rings. The molecule has 0 unspecified atom stereocenters. The zero-order valence-corrected chi connectivity index (χ0v) is 18.9. The number of amides is 1. The van der Waals surface area contributed by atoms with E-state index in [-0.39, 0.29) is 30.8 Å². The molecule has 0 spiro atoms. The first-order chi connectivity index (χ1) is 14.2. The van der Waals surface area contributed by atoms with Crippen LogP contribution in [0.4, 0.5) is 5.69 Å². The number of carbonyl (C=O) groups excluding carboxylic acids is 1. The Bertz CT molecular complexity index is 1110. The summed E-state index contributed by atoms with van der Waals surface area (Å²) in [6.45, 7) is 3.73. The molecule has 10 heteroatoms. The lowest BCUT2D eigenvalue weighted by Gasteiger charge is -2.27. The molecule has 0 aliphatic heterocycles. The summed E-state index contributed by atoms with van der Waals surface area (Å²) in [5.41, 5.74) is 1.37. The predicted octanol–water partition coefficient (Wildman–Crippen LogP) is 3.35. The molecule has 3 rings (SSSR count). The van der Waals surface area contributed by atoms with E-state index in [1.807, 2.05) is 43.5 Å². The fourth-order valence-electron chi connectivity index (χ4n) is 2.94. The number of sulfonamides is 1. The van der Waals surface area contributed by atoms with E-state index in [0.717, 1.165) is 21.0 Å². The number of nitrogens with zero attached hydrogens (tertiary/aromatic N) is 4. The maximum atomic E-state index is 12.8. The number of anilines is 1. The number of likely N-dealkylation sites (N-methyl/N-ethyl adjacent to an activating group) is 1. The van der Waals surface area contributed by atoms with E-state index in [2.05, 4.69) is 10.1 Å². The van der Waals surface area contributed by atoms with Crippen molar-refractivity contribution in [1.82, 2.24) is 15.0 Å². The summed E-state index contributed by atoms with van der Waals surface area (Å²) < 4.78 is 31.3. The Hall–Kier alpha value is -2.72. The fraction of sp³-hybridized carbons (Fsp3) is 0.350. The van der Waals surface area contributed by atoms with Crippen LogP contribution in [0.3, 0.4) is 0 Å². The molecular weight excluding hydrogens is 424 g/mol. The summed E-state index contributed by atoms with van der Waals surface area (Å²) in [7, 11) is -2.09. The second kappa shape index (κ2) is 8.97. The number of thiophene rings is 1. The topological polar surface area (TPSA) is 96.6 Å². The molecule has 160 valence electrons. The average molecular weight is 449 g/mol. The summed E-state index contributed by atoms with van der Waals surface area (Å²) in [5, 5.41) is 5.84. The van der Waals surface area contributed by atoms with E-state index in [9.17, 15) is 13.2 Å². The molecule has 1 amide bonds. The first kappa shape index (κ1) is 22.0. The Morgan fingerprint density at radius 3 is 2.57 bits per heavy atom. The van der Waals surface area contributed by atoms with Crippen molar-refractivity contribution in [2.24, 2.45) is 0 Å². The van der Waals surface area contributed by atoms with Crippen LogP contribution in [0, 0.1) is 0 Å². The van der Waals surface area contributed by atoms with Crippen LogP contribution in [-0.2, 0) is 21.4 Å². The van der Waals surface area contributed by atoms with Gasteiger partial charge in [-0.3, -0.25) is 9.10 Å². The summed E-state index contributed by atoms with van der Waals surface area (Å²) in [6.07, 6.45) is 1.10. The lowest BCUT2D eigenvalue weighted by atomic mass is 10.0. The number of hydrogen-bond acceptors (Lipinski definition) is 7. The number of para-hydroxylation sites is 1. The van der Waals surface area contributed by atoms with Gasteiger partial charge >= 0.3 is 0 Å². The second-order valence-electron chi connectivity index (χ2n) is 7.22. The molecule has 0 saturated heterocycles. The van der Waals surface area contributed by atoms with Gasteiger partial charge in [0.1, 0.15) is 6.54 Å². The van der Waals surface area contributed by atoms with Crippen LogP contribution in [0.5, 0.6) is 0 Å². The third kappa shape index (κ3) is 5.06. The Labute approximate surface area is 180 Å². The third-order valence-electron chi connectivity index (χ3n) is 4.51. The Balaban J connectivity index is 1.76. The minimum Gasteiger partial charge on any atom is -0.337 e. The van der Waals surface area contributed by atoms with Crippen LogP contribution in [-0.4, -0.2) is 49.2 Å². The highest BCUT2D eigenvalue weighted by molar-refractivity contribution is 7.92. The van der Waals surface area contributed by atoms with Gasteiger partial charge in [0.05, 0.1) is 23.4 Å². The SMILES string of the molecule is CC(C)c1ccccc1N(CC(=O)N(C)Cc1nc(-c2cccs2)no1)S(C)(=O)=O. The van der Waals surface area contributed by atoms with Gasteiger partial charge in [-0.25, -0.2) is 8.42 Å². The number of aromatic nitrogens is 2. The smallest absolute Gasteiger partial charge is 0.246 e. The van der Waals surface area contributed by atoms with Crippen molar-refractivity contribution in [3.63, 3.8) is 0 Å². The molecule has 30 heavy (non-hydrogen) atoms. The minimum atomic E-state index is -3.67. The van der Waals surface area contributed by atoms with Crippen molar-refractivity contribution in [3.8, 4) is 10.7 Å². The van der Waals surface area contributed by atoms with E-state index in [4.69, 9.17) is 4.52 Å².